The van der Waals surface area contributed by atoms with Gasteiger partial charge in [-0.05, 0) is 19.9 Å². The zero-order valence-electron chi connectivity index (χ0n) is 13.4. The zero-order chi connectivity index (χ0) is 15.9. The van der Waals surface area contributed by atoms with E-state index in [0.29, 0.717) is 12.5 Å². The molecule has 0 radical (unpaired) electrons. The lowest BCUT2D eigenvalue weighted by Crippen LogP contribution is -2.38. The summed E-state index contributed by atoms with van der Waals surface area (Å²) in [6.07, 6.45) is 1.55. The molecule has 0 saturated heterocycles. The van der Waals surface area contributed by atoms with Gasteiger partial charge in [-0.3, -0.25) is 4.99 Å². The summed E-state index contributed by atoms with van der Waals surface area (Å²) >= 11 is 0. The number of rotatable bonds is 5. The Bertz CT molecular complexity index is 623. The number of nitrogens with one attached hydrogen (secondary N) is 2. The first-order valence-corrected chi connectivity index (χ1v) is 7.15. The standard InChI is InChI=1S/C16H22N4O2/c1-11-5-6-15(21-4)14(9-11)12(2)19-16(17-3)18-10-13-7-8-22-20-13/h5-9,12H,10H2,1-4H3,(H2,17,18,19). The zero-order valence-corrected chi connectivity index (χ0v) is 13.4. The molecule has 0 fully saturated rings. The molecule has 0 spiro atoms. The summed E-state index contributed by atoms with van der Waals surface area (Å²) in [5, 5.41) is 10.4. The Morgan fingerprint density at radius 2 is 2.23 bits per heavy atom. The molecular formula is C16H22N4O2. The Hall–Kier alpha value is -2.50. The molecule has 0 amide bonds. The molecule has 1 aromatic heterocycles. The second-order valence-electron chi connectivity index (χ2n) is 5.03. The number of aryl methyl sites for hydroxylation is 1. The molecule has 0 aliphatic heterocycles. The van der Waals surface area contributed by atoms with Gasteiger partial charge in [0.15, 0.2) is 5.96 Å². The fourth-order valence-electron chi connectivity index (χ4n) is 2.17. The highest BCUT2D eigenvalue weighted by atomic mass is 16.5. The first-order valence-electron chi connectivity index (χ1n) is 7.15. The van der Waals surface area contributed by atoms with E-state index >= 15 is 0 Å². The third kappa shape index (κ3) is 4.00. The second-order valence-corrected chi connectivity index (χ2v) is 5.03. The molecule has 6 nitrogen and oxygen atoms in total. The summed E-state index contributed by atoms with van der Waals surface area (Å²) in [7, 11) is 3.41. The van der Waals surface area contributed by atoms with E-state index in [2.05, 4.69) is 40.7 Å². The number of methoxy groups -OCH3 is 1. The highest BCUT2D eigenvalue weighted by Gasteiger charge is 2.13. The number of hydrogen-bond donors (Lipinski definition) is 2. The molecule has 22 heavy (non-hydrogen) atoms. The van der Waals surface area contributed by atoms with Crippen LogP contribution in [0, 0.1) is 6.92 Å². The lowest BCUT2D eigenvalue weighted by molar-refractivity contribution is 0.404. The molecule has 1 aromatic carbocycles. The van der Waals surface area contributed by atoms with Gasteiger partial charge < -0.3 is 19.9 Å². The molecule has 0 bridgehead atoms. The Balaban J connectivity index is 2.03. The molecule has 0 aliphatic carbocycles. The average Bonchev–Trinajstić information content (AvgIpc) is 3.04. The molecule has 118 valence electrons. The van der Waals surface area contributed by atoms with Crippen molar-refractivity contribution in [2.75, 3.05) is 14.2 Å². The van der Waals surface area contributed by atoms with Gasteiger partial charge in [-0.2, -0.15) is 0 Å². The quantitative estimate of drug-likeness (QED) is 0.655. The summed E-state index contributed by atoms with van der Waals surface area (Å²) in [6.45, 7) is 4.68. The van der Waals surface area contributed by atoms with E-state index in [9.17, 15) is 0 Å². The van der Waals surface area contributed by atoms with Crippen molar-refractivity contribution < 1.29 is 9.26 Å². The summed E-state index contributed by atoms with van der Waals surface area (Å²) in [5.41, 5.74) is 3.10. The molecule has 1 heterocycles. The fraction of sp³-hybridized carbons (Fsp3) is 0.375. The van der Waals surface area contributed by atoms with Crippen LogP contribution in [0.3, 0.4) is 0 Å². The van der Waals surface area contributed by atoms with Crippen LogP contribution in [-0.2, 0) is 6.54 Å². The monoisotopic (exact) mass is 302 g/mol. The van der Waals surface area contributed by atoms with Crippen LogP contribution in [0.1, 0.15) is 29.8 Å². The van der Waals surface area contributed by atoms with Crippen molar-refractivity contribution in [1.29, 1.82) is 0 Å². The highest BCUT2D eigenvalue weighted by Crippen LogP contribution is 2.25. The molecule has 1 unspecified atom stereocenters. The van der Waals surface area contributed by atoms with Crippen LogP contribution < -0.4 is 15.4 Å². The van der Waals surface area contributed by atoms with Crippen molar-refractivity contribution in [2.24, 2.45) is 4.99 Å². The Morgan fingerprint density at radius 3 is 2.86 bits per heavy atom. The molecule has 2 rings (SSSR count). The SMILES string of the molecule is CN=C(NCc1ccon1)NC(C)c1cc(C)ccc1OC. The summed E-state index contributed by atoms with van der Waals surface area (Å²) in [6, 6.07) is 7.99. The third-order valence-corrected chi connectivity index (χ3v) is 3.36. The van der Waals surface area contributed by atoms with Crippen molar-refractivity contribution in [1.82, 2.24) is 15.8 Å². The maximum atomic E-state index is 5.43. The predicted octanol–water partition coefficient (Wildman–Crippen LogP) is 2.42. The number of guanidine groups is 1. The normalized spacial score (nSPS) is 12.8. The Morgan fingerprint density at radius 1 is 1.41 bits per heavy atom. The number of benzene rings is 1. The molecule has 6 heteroatoms. The van der Waals surface area contributed by atoms with Gasteiger partial charge in [0.2, 0.25) is 0 Å². The molecule has 0 aliphatic rings. The third-order valence-electron chi connectivity index (χ3n) is 3.36. The van der Waals surface area contributed by atoms with Gasteiger partial charge in [-0.15, -0.1) is 0 Å². The fourth-order valence-corrected chi connectivity index (χ4v) is 2.17. The number of ether oxygens (including phenoxy) is 1. The van der Waals surface area contributed by atoms with E-state index in [1.165, 1.54) is 5.56 Å². The smallest absolute Gasteiger partial charge is 0.191 e. The minimum atomic E-state index is 0.0540. The van der Waals surface area contributed by atoms with Crippen LogP contribution in [0.5, 0.6) is 5.75 Å². The van der Waals surface area contributed by atoms with Gasteiger partial charge in [0, 0.05) is 18.7 Å². The van der Waals surface area contributed by atoms with Gasteiger partial charge >= 0.3 is 0 Å². The van der Waals surface area contributed by atoms with Crippen molar-refractivity contribution in [3.63, 3.8) is 0 Å². The van der Waals surface area contributed by atoms with E-state index in [-0.39, 0.29) is 6.04 Å². The largest absolute Gasteiger partial charge is 0.496 e. The van der Waals surface area contributed by atoms with E-state index < -0.39 is 0 Å². The molecule has 0 saturated carbocycles. The van der Waals surface area contributed by atoms with Crippen molar-refractivity contribution in [2.45, 2.75) is 26.4 Å². The molecule has 2 aromatic rings. The van der Waals surface area contributed by atoms with Crippen LogP contribution in [0.4, 0.5) is 0 Å². The van der Waals surface area contributed by atoms with Crippen LogP contribution in [-0.4, -0.2) is 25.3 Å². The van der Waals surface area contributed by atoms with Crippen LogP contribution in [0.15, 0.2) is 40.0 Å². The first-order chi connectivity index (χ1) is 10.6. The van der Waals surface area contributed by atoms with Crippen LogP contribution >= 0.6 is 0 Å². The second kappa shape index (κ2) is 7.49. The van der Waals surface area contributed by atoms with Gasteiger partial charge in [0.25, 0.3) is 0 Å². The van der Waals surface area contributed by atoms with Crippen molar-refractivity contribution in [3.8, 4) is 5.75 Å². The maximum Gasteiger partial charge on any atom is 0.191 e. The van der Waals surface area contributed by atoms with Gasteiger partial charge in [0.05, 0.1) is 19.7 Å². The molecule has 2 N–H and O–H groups in total. The van der Waals surface area contributed by atoms with Gasteiger partial charge in [-0.1, -0.05) is 22.9 Å². The maximum absolute atomic E-state index is 5.43. The number of aromatic nitrogens is 1. The summed E-state index contributed by atoms with van der Waals surface area (Å²) < 4.78 is 10.2. The van der Waals surface area contributed by atoms with Crippen LogP contribution in [0.2, 0.25) is 0 Å². The lowest BCUT2D eigenvalue weighted by atomic mass is 10.0. The Kier molecular flexibility index (Phi) is 5.41. The Labute approximate surface area is 130 Å². The van der Waals surface area contributed by atoms with Crippen molar-refractivity contribution >= 4 is 5.96 Å². The first kappa shape index (κ1) is 15.9. The number of aliphatic imine (C=N–C) groups is 1. The number of nitrogens with zero attached hydrogens (tertiary/aromatic N) is 2. The lowest BCUT2D eigenvalue weighted by Gasteiger charge is -2.20. The molecular weight excluding hydrogens is 280 g/mol. The highest BCUT2D eigenvalue weighted by molar-refractivity contribution is 5.80. The minimum absolute atomic E-state index is 0.0540. The summed E-state index contributed by atoms with van der Waals surface area (Å²) in [4.78, 5) is 4.23. The average molecular weight is 302 g/mol. The van der Waals surface area contributed by atoms with Gasteiger partial charge in [0.1, 0.15) is 17.7 Å². The number of hydrogen-bond acceptors (Lipinski definition) is 4. The van der Waals surface area contributed by atoms with Crippen LogP contribution in [0.25, 0.3) is 0 Å². The minimum Gasteiger partial charge on any atom is -0.496 e. The van der Waals surface area contributed by atoms with E-state index in [0.717, 1.165) is 17.0 Å². The summed E-state index contributed by atoms with van der Waals surface area (Å²) in [5.74, 6) is 1.55. The predicted molar refractivity (Wildman–Crippen MR) is 86.0 cm³/mol. The van der Waals surface area contributed by atoms with Crippen molar-refractivity contribution in [3.05, 3.63) is 47.3 Å². The topological polar surface area (TPSA) is 71.7 Å². The van der Waals surface area contributed by atoms with E-state index in [1.807, 2.05) is 18.2 Å². The van der Waals surface area contributed by atoms with Gasteiger partial charge in [-0.25, -0.2) is 0 Å². The molecule has 1 atom stereocenters. The van der Waals surface area contributed by atoms with E-state index in [4.69, 9.17) is 9.26 Å². The van der Waals surface area contributed by atoms with E-state index in [1.54, 1.807) is 20.4 Å².